The lowest BCUT2D eigenvalue weighted by Gasteiger charge is -2.35. The molecule has 2 fully saturated rings. The zero-order valence-electron chi connectivity index (χ0n) is 37.9. The van der Waals surface area contributed by atoms with E-state index in [1.54, 1.807) is 37.5 Å². The number of phenols is 1. The minimum Gasteiger partial charge on any atom is -0.508 e. The van der Waals surface area contributed by atoms with E-state index in [4.69, 9.17) is 14.5 Å². The molecule has 6 rings (SSSR count). The Labute approximate surface area is 370 Å². The molecule has 5 atom stereocenters. The van der Waals surface area contributed by atoms with Crippen LogP contribution in [0.3, 0.4) is 0 Å². The van der Waals surface area contributed by atoms with Crippen LogP contribution < -0.4 is 16.1 Å². The number of aromatic hydroxyl groups is 1. The molecular formula is C48H65N7O8. The molecule has 3 amide bonds. The van der Waals surface area contributed by atoms with Crippen LogP contribution in [0.4, 0.5) is 0 Å². The summed E-state index contributed by atoms with van der Waals surface area (Å²) in [6.07, 6.45) is 2.98. The second-order valence-electron chi connectivity index (χ2n) is 18.1. The fraction of sp³-hybridized carbons (Fsp3) is 0.521. The number of hydrogen-bond acceptors (Lipinski definition) is 11. The van der Waals surface area contributed by atoms with Gasteiger partial charge in [-0.1, -0.05) is 39.8 Å². The molecule has 63 heavy (non-hydrogen) atoms. The van der Waals surface area contributed by atoms with Crippen molar-refractivity contribution in [2.24, 2.45) is 17.3 Å². The minimum absolute atomic E-state index is 0.00178. The number of aliphatic hydroxyl groups excluding tert-OH is 1. The first-order chi connectivity index (χ1) is 30.1. The second kappa shape index (κ2) is 20.4. The van der Waals surface area contributed by atoms with Gasteiger partial charge in [-0.3, -0.25) is 29.2 Å². The summed E-state index contributed by atoms with van der Waals surface area (Å²) in [7, 11) is 3.23. The number of ether oxygens (including phenoxy) is 2. The average Bonchev–Trinajstić information content (AvgIpc) is 3.83. The number of rotatable bonds is 18. The first-order valence-electron chi connectivity index (χ1n) is 22.1. The molecule has 340 valence electrons. The molecule has 0 bridgehead atoms. The number of β-amino-alcohol motifs (C(OH)–C–C–N with tert-alkyl or cyclic N) is 1. The van der Waals surface area contributed by atoms with E-state index in [1.165, 1.54) is 4.90 Å². The Morgan fingerprint density at radius 2 is 1.86 bits per heavy atom. The summed E-state index contributed by atoms with van der Waals surface area (Å²) in [5.74, 6) is -2.13. The number of likely N-dealkylation sites (N-methyl/N-ethyl adjacent to an activating group) is 1. The van der Waals surface area contributed by atoms with Crippen LogP contribution in [0.1, 0.15) is 77.3 Å². The van der Waals surface area contributed by atoms with E-state index in [1.807, 2.05) is 39.0 Å². The van der Waals surface area contributed by atoms with Gasteiger partial charge in [-0.15, -0.1) is 0 Å². The highest BCUT2D eigenvalue weighted by molar-refractivity contribution is 5.96. The van der Waals surface area contributed by atoms with Crippen molar-refractivity contribution in [2.45, 2.75) is 98.1 Å². The molecule has 4 heterocycles. The summed E-state index contributed by atoms with van der Waals surface area (Å²) in [6, 6.07) is 13.5. The third kappa shape index (κ3) is 10.5. The van der Waals surface area contributed by atoms with E-state index >= 15 is 0 Å². The molecule has 2 saturated heterocycles. The predicted octanol–water partition coefficient (Wildman–Crippen LogP) is 4.76. The molecule has 0 aliphatic carbocycles. The van der Waals surface area contributed by atoms with Gasteiger partial charge in [-0.05, 0) is 97.7 Å². The van der Waals surface area contributed by atoms with Gasteiger partial charge in [-0.2, -0.15) is 0 Å². The third-order valence-electron chi connectivity index (χ3n) is 12.4. The summed E-state index contributed by atoms with van der Waals surface area (Å²) < 4.78 is 13.4. The number of aryl methyl sites for hydroxylation is 1. The maximum atomic E-state index is 14.3. The van der Waals surface area contributed by atoms with Gasteiger partial charge in [0.25, 0.3) is 12.4 Å². The molecule has 0 saturated carbocycles. The lowest BCUT2D eigenvalue weighted by molar-refractivity contribution is -0.147. The van der Waals surface area contributed by atoms with Crippen molar-refractivity contribution in [2.75, 3.05) is 46.9 Å². The molecule has 0 unspecified atom stereocenters. The molecule has 15 nitrogen and oxygen atoms in total. The number of carbonyl (C=O) groups excluding carboxylic acids is 4. The van der Waals surface area contributed by atoms with Gasteiger partial charge in [-0.25, -0.2) is 5.43 Å². The second-order valence-corrected chi connectivity index (χ2v) is 18.1. The van der Waals surface area contributed by atoms with Gasteiger partial charge >= 0.3 is 0 Å². The molecule has 5 N–H and O–H groups in total. The highest BCUT2D eigenvalue weighted by Crippen LogP contribution is 2.42. The monoisotopic (exact) mass is 867 g/mol. The number of pyridine rings is 1. The van der Waals surface area contributed by atoms with Crippen molar-refractivity contribution in [1.29, 1.82) is 0 Å². The van der Waals surface area contributed by atoms with E-state index in [-0.39, 0.29) is 42.6 Å². The highest BCUT2D eigenvalue weighted by Gasteiger charge is 2.40. The number of aliphatic hydroxyl groups is 1. The SMILES string of the molecule is CCn1c(-c2cccnc2[C@H](C)OC)c(CC(C)(C)COC=O)c2cc(-c3cc(O)cc(C[C@H](NC(=O)[C@H](C(C)C)N(C)C(=O)[C@@H]4CNC[C@@H]4O)C(=O)N4CCCCN4)c3)ccc21. The first-order valence-corrected chi connectivity index (χ1v) is 22.1. The number of phenolic OH excluding ortho intramolecular Hbond substituents is 1. The number of methoxy groups -OCH3 is 1. The Balaban J connectivity index is 1.40. The smallest absolute Gasteiger partial charge is 0.293 e. The summed E-state index contributed by atoms with van der Waals surface area (Å²) in [6.45, 7) is 14.9. The highest BCUT2D eigenvalue weighted by atomic mass is 16.5. The van der Waals surface area contributed by atoms with E-state index in [0.29, 0.717) is 56.7 Å². The number of carbonyl (C=O) groups is 4. The van der Waals surface area contributed by atoms with Gasteiger partial charge in [0.2, 0.25) is 11.8 Å². The topological polar surface area (TPSA) is 188 Å². The Morgan fingerprint density at radius 1 is 1.08 bits per heavy atom. The fourth-order valence-corrected chi connectivity index (χ4v) is 9.22. The summed E-state index contributed by atoms with van der Waals surface area (Å²) in [4.78, 5) is 59.6. The predicted molar refractivity (Wildman–Crippen MR) is 241 cm³/mol. The van der Waals surface area contributed by atoms with Crippen LogP contribution >= 0.6 is 0 Å². The molecule has 2 aliphatic rings. The van der Waals surface area contributed by atoms with Crippen LogP contribution in [0.2, 0.25) is 0 Å². The van der Waals surface area contributed by atoms with Crippen LogP contribution in [0, 0.1) is 17.3 Å². The van der Waals surface area contributed by atoms with Crippen molar-refractivity contribution < 1.29 is 38.9 Å². The Bertz CT molecular complexity index is 2270. The van der Waals surface area contributed by atoms with Gasteiger partial charge in [0.15, 0.2) is 0 Å². The third-order valence-corrected chi connectivity index (χ3v) is 12.4. The lowest BCUT2D eigenvalue weighted by atomic mass is 9.84. The molecule has 0 spiro atoms. The van der Waals surface area contributed by atoms with Crippen molar-refractivity contribution in [1.82, 2.24) is 35.5 Å². The Morgan fingerprint density at radius 3 is 2.51 bits per heavy atom. The molecular weight excluding hydrogens is 803 g/mol. The lowest BCUT2D eigenvalue weighted by Crippen LogP contribution is -2.60. The number of benzene rings is 2. The van der Waals surface area contributed by atoms with Gasteiger partial charge in [0.05, 0.1) is 36.1 Å². The van der Waals surface area contributed by atoms with Crippen LogP contribution in [0.5, 0.6) is 5.75 Å². The number of aromatic nitrogens is 2. The van der Waals surface area contributed by atoms with E-state index < -0.39 is 35.4 Å². The quantitative estimate of drug-likeness (QED) is 0.0869. The molecule has 2 aromatic carbocycles. The molecule has 2 aliphatic heterocycles. The van der Waals surface area contributed by atoms with Crippen molar-refractivity contribution in [3.05, 3.63) is 71.5 Å². The summed E-state index contributed by atoms with van der Waals surface area (Å²) in [5, 5.41) is 30.3. The average molecular weight is 868 g/mol. The summed E-state index contributed by atoms with van der Waals surface area (Å²) in [5.41, 5.74) is 9.70. The van der Waals surface area contributed by atoms with Crippen LogP contribution in [-0.4, -0.2) is 119 Å². The zero-order valence-corrected chi connectivity index (χ0v) is 37.9. The normalized spacial score (nSPS) is 18.3. The number of fused-ring (bicyclic) bond motifs is 1. The number of nitrogens with one attached hydrogen (secondary N) is 3. The maximum absolute atomic E-state index is 14.3. The molecule has 4 aromatic rings. The van der Waals surface area contributed by atoms with Gasteiger partial charge < -0.3 is 39.8 Å². The van der Waals surface area contributed by atoms with Crippen LogP contribution in [0.25, 0.3) is 33.3 Å². The van der Waals surface area contributed by atoms with E-state index in [2.05, 4.69) is 59.6 Å². The van der Waals surface area contributed by atoms with Crippen molar-refractivity contribution in [3.63, 3.8) is 0 Å². The number of nitrogens with zero attached hydrogens (tertiary/aromatic N) is 4. The maximum Gasteiger partial charge on any atom is 0.293 e. The first kappa shape index (κ1) is 47.1. The van der Waals surface area contributed by atoms with Crippen molar-refractivity contribution in [3.8, 4) is 28.1 Å². The van der Waals surface area contributed by atoms with Gasteiger partial charge in [0.1, 0.15) is 17.8 Å². The van der Waals surface area contributed by atoms with Gasteiger partial charge in [0, 0.05) is 81.4 Å². The number of hydrazine groups is 1. The molecule has 2 aromatic heterocycles. The van der Waals surface area contributed by atoms with E-state index in [0.717, 1.165) is 51.8 Å². The molecule has 0 radical (unpaired) electrons. The van der Waals surface area contributed by atoms with E-state index in [9.17, 15) is 29.4 Å². The Kier molecular flexibility index (Phi) is 15.3. The summed E-state index contributed by atoms with van der Waals surface area (Å²) >= 11 is 0. The minimum atomic E-state index is -1.03. The van der Waals surface area contributed by atoms with Crippen LogP contribution in [0.15, 0.2) is 54.7 Å². The van der Waals surface area contributed by atoms with Crippen LogP contribution in [-0.2, 0) is 48.0 Å². The fourth-order valence-electron chi connectivity index (χ4n) is 9.22. The van der Waals surface area contributed by atoms with Crippen molar-refractivity contribution >= 4 is 35.1 Å². The zero-order chi connectivity index (χ0) is 45.6. The number of hydrogen-bond donors (Lipinski definition) is 5. The standard InChI is InChI=1S/C48H65N7O8/c1-9-54-40-15-14-32(23-36(40)37(24-48(5,6)27-63-28-56)44(54)35-13-12-16-50-42(35)30(4)62-8)33-19-31(20-34(57)22-33)21-39(47(61)55-18-11-10-17-51-55)52-45(59)43(29(2)3)53(7)46(60)38-25-49-26-41(38)58/h12-16,19-20,22-23,28-30,38-39,41,43,49,51,57-58H,9-11,17-18,21,24-27H2,1-8H3,(H,52,59)/t30-,38+,39-,41-,43-/m0/s1. The number of amides is 3. The Hall–Kier alpha value is -5.35. The molecule has 15 heteroatoms. The largest absolute Gasteiger partial charge is 0.508 e.